The molecule has 0 aromatic rings. The van der Waals surface area contributed by atoms with Crippen LogP contribution in [-0.2, 0) is 9.53 Å². The lowest BCUT2D eigenvalue weighted by molar-refractivity contribution is -0.137. The van der Waals surface area contributed by atoms with Crippen molar-refractivity contribution in [1.82, 2.24) is 4.90 Å². The Bertz CT molecular complexity index is 497. The molecule has 1 atom stereocenters. The molecule has 0 aromatic carbocycles. The number of nitrogens with zero attached hydrogens (tertiary/aromatic N) is 2. The van der Waals surface area contributed by atoms with Gasteiger partial charge in [0, 0.05) is 29.4 Å². The molecule has 130 valence electrons. The second-order valence-electron chi connectivity index (χ2n) is 8.33. The average Bonchev–Trinajstić information content (AvgIpc) is 2.80. The van der Waals surface area contributed by atoms with Crippen LogP contribution >= 0.6 is 0 Å². The minimum atomic E-state index is -0.244. The number of hydrogen-bond acceptors (Lipinski definition) is 4. The zero-order valence-electron chi connectivity index (χ0n) is 15.6. The van der Waals surface area contributed by atoms with Gasteiger partial charge in [0.15, 0.2) is 0 Å². The summed E-state index contributed by atoms with van der Waals surface area (Å²) >= 11 is 0. The number of hydrogen-bond donors (Lipinski definition) is 0. The van der Waals surface area contributed by atoms with E-state index in [-0.39, 0.29) is 16.8 Å². The topological polar surface area (TPSA) is 41.9 Å². The van der Waals surface area contributed by atoms with E-state index in [4.69, 9.17) is 9.73 Å². The van der Waals surface area contributed by atoms with Gasteiger partial charge >= 0.3 is 5.97 Å². The van der Waals surface area contributed by atoms with Gasteiger partial charge in [-0.3, -0.25) is 14.7 Å². The number of aliphatic imine (C=N–C) groups is 1. The summed E-state index contributed by atoms with van der Waals surface area (Å²) in [4.78, 5) is 19.0. The maximum atomic E-state index is 11.8. The highest BCUT2D eigenvalue weighted by molar-refractivity contribution is 5.74. The standard InChI is InChI=1S/C19H32N2O2/c1-14(2)21(15(3)4)10-9-19(11-17(22)23-13-19)16-7-8-18(5,6)12-20-16/h7,12,14-15H,8-11,13H2,1-6H3. The Morgan fingerprint density at radius 3 is 2.35 bits per heavy atom. The zero-order valence-corrected chi connectivity index (χ0v) is 15.6. The van der Waals surface area contributed by atoms with E-state index in [2.05, 4.69) is 52.5 Å². The quantitative estimate of drug-likeness (QED) is 0.699. The summed E-state index contributed by atoms with van der Waals surface area (Å²) in [6, 6.07) is 0.987. The third-order valence-corrected chi connectivity index (χ3v) is 5.09. The molecule has 0 N–H and O–H groups in total. The van der Waals surface area contributed by atoms with Crippen molar-refractivity contribution in [2.24, 2.45) is 15.8 Å². The molecular weight excluding hydrogens is 288 g/mol. The van der Waals surface area contributed by atoms with Crippen LogP contribution in [0.4, 0.5) is 0 Å². The van der Waals surface area contributed by atoms with Crippen LogP contribution in [0.2, 0.25) is 0 Å². The van der Waals surface area contributed by atoms with Gasteiger partial charge in [-0.15, -0.1) is 0 Å². The van der Waals surface area contributed by atoms with E-state index in [0.29, 0.717) is 25.1 Å². The Hall–Kier alpha value is -1.16. The molecule has 0 radical (unpaired) electrons. The lowest BCUT2D eigenvalue weighted by Gasteiger charge is -2.36. The van der Waals surface area contributed by atoms with Crippen LogP contribution in [0.25, 0.3) is 0 Å². The average molecular weight is 320 g/mol. The first-order chi connectivity index (χ1) is 10.7. The van der Waals surface area contributed by atoms with E-state index in [0.717, 1.165) is 25.1 Å². The molecule has 4 heteroatoms. The number of allylic oxidation sites excluding steroid dienone is 1. The van der Waals surface area contributed by atoms with E-state index < -0.39 is 0 Å². The Morgan fingerprint density at radius 2 is 1.91 bits per heavy atom. The fourth-order valence-corrected chi connectivity index (χ4v) is 3.57. The molecule has 1 unspecified atom stereocenters. The van der Waals surface area contributed by atoms with Gasteiger partial charge in [-0.05, 0) is 47.1 Å². The van der Waals surface area contributed by atoms with Crippen LogP contribution in [0.3, 0.4) is 0 Å². The summed E-state index contributed by atoms with van der Waals surface area (Å²) in [6.07, 6.45) is 6.60. The number of ether oxygens (including phenoxy) is 1. The van der Waals surface area contributed by atoms with Crippen LogP contribution in [0, 0.1) is 10.8 Å². The maximum Gasteiger partial charge on any atom is 0.306 e. The highest BCUT2D eigenvalue weighted by Gasteiger charge is 2.44. The number of carbonyl (C=O) groups is 1. The van der Waals surface area contributed by atoms with Crippen molar-refractivity contribution in [3.63, 3.8) is 0 Å². The normalized spacial score (nSPS) is 27.0. The van der Waals surface area contributed by atoms with Crippen molar-refractivity contribution in [2.75, 3.05) is 13.2 Å². The summed E-state index contributed by atoms with van der Waals surface area (Å²) in [5.41, 5.74) is 0.914. The highest BCUT2D eigenvalue weighted by atomic mass is 16.5. The van der Waals surface area contributed by atoms with Crippen LogP contribution < -0.4 is 0 Å². The second-order valence-corrected chi connectivity index (χ2v) is 8.33. The van der Waals surface area contributed by atoms with Crippen molar-refractivity contribution in [2.45, 2.75) is 72.9 Å². The minimum absolute atomic E-state index is 0.0911. The molecule has 0 saturated carbocycles. The van der Waals surface area contributed by atoms with E-state index >= 15 is 0 Å². The first kappa shape index (κ1) is 18.2. The van der Waals surface area contributed by atoms with Gasteiger partial charge < -0.3 is 4.74 Å². The lowest BCUT2D eigenvalue weighted by atomic mass is 9.77. The monoisotopic (exact) mass is 320 g/mol. The van der Waals surface area contributed by atoms with Crippen molar-refractivity contribution < 1.29 is 9.53 Å². The fourth-order valence-electron chi connectivity index (χ4n) is 3.57. The summed E-state index contributed by atoms with van der Waals surface area (Å²) < 4.78 is 5.36. The number of carbonyl (C=O) groups excluding carboxylic acids is 1. The molecule has 1 fully saturated rings. The molecule has 0 amide bonds. The second kappa shape index (κ2) is 6.76. The molecule has 2 heterocycles. The maximum absolute atomic E-state index is 11.8. The smallest absolute Gasteiger partial charge is 0.306 e. The molecule has 4 nitrogen and oxygen atoms in total. The van der Waals surface area contributed by atoms with Crippen LogP contribution in [-0.4, -0.2) is 42.3 Å². The van der Waals surface area contributed by atoms with Crippen LogP contribution in [0.5, 0.6) is 0 Å². The van der Waals surface area contributed by atoms with Gasteiger partial charge in [0.25, 0.3) is 0 Å². The molecule has 23 heavy (non-hydrogen) atoms. The zero-order chi connectivity index (χ0) is 17.3. The van der Waals surface area contributed by atoms with Gasteiger partial charge in [0.1, 0.15) is 6.61 Å². The lowest BCUT2D eigenvalue weighted by Crippen LogP contribution is -2.40. The summed E-state index contributed by atoms with van der Waals surface area (Å²) in [6.45, 7) is 14.7. The first-order valence-corrected chi connectivity index (χ1v) is 8.82. The fraction of sp³-hybridized carbons (Fsp3) is 0.789. The van der Waals surface area contributed by atoms with Gasteiger partial charge in [-0.1, -0.05) is 19.9 Å². The summed E-state index contributed by atoms with van der Waals surface area (Å²) in [5.74, 6) is -0.0911. The van der Waals surface area contributed by atoms with Gasteiger partial charge in [0.2, 0.25) is 0 Å². The molecular formula is C19H32N2O2. The molecule has 0 bridgehead atoms. The molecule has 2 rings (SSSR count). The summed E-state index contributed by atoms with van der Waals surface area (Å²) in [5, 5.41) is 0. The predicted molar refractivity (Wildman–Crippen MR) is 94.6 cm³/mol. The number of esters is 1. The summed E-state index contributed by atoms with van der Waals surface area (Å²) in [7, 11) is 0. The molecule has 2 aliphatic rings. The van der Waals surface area contributed by atoms with E-state index in [1.807, 2.05) is 6.21 Å². The SMILES string of the molecule is CC(C)N(CCC1(C2=CCC(C)(C)C=N2)COC(=O)C1)C(C)C. The minimum Gasteiger partial charge on any atom is -0.465 e. The highest BCUT2D eigenvalue weighted by Crippen LogP contribution is 2.43. The molecule has 0 aromatic heterocycles. The largest absolute Gasteiger partial charge is 0.465 e. The van der Waals surface area contributed by atoms with Gasteiger partial charge in [0.05, 0.1) is 11.8 Å². The third-order valence-electron chi connectivity index (χ3n) is 5.09. The molecule has 0 spiro atoms. The first-order valence-electron chi connectivity index (χ1n) is 8.82. The van der Waals surface area contributed by atoms with Crippen LogP contribution in [0.1, 0.15) is 60.8 Å². The van der Waals surface area contributed by atoms with E-state index in [9.17, 15) is 4.79 Å². The number of cyclic esters (lactones) is 1. The van der Waals surface area contributed by atoms with Gasteiger partial charge in [-0.2, -0.15) is 0 Å². The molecule has 1 saturated heterocycles. The molecule has 0 aliphatic carbocycles. The van der Waals surface area contributed by atoms with Gasteiger partial charge in [-0.25, -0.2) is 0 Å². The van der Waals surface area contributed by atoms with Crippen LogP contribution in [0.15, 0.2) is 16.8 Å². The Labute approximate surface area is 141 Å². The Balaban J connectivity index is 2.16. The third kappa shape index (κ3) is 4.23. The Kier molecular flexibility index (Phi) is 5.34. The van der Waals surface area contributed by atoms with E-state index in [1.54, 1.807) is 0 Å². The molecule has 2 aliphatic heterocycles. The van der Waals surface area contributed by atoms with E-state index in [1.165, 1.54) is 0 Å². The Morgan fingerprint density at radius 1 is 1.26 bits per heavy atom. The van der Waals surface area contributed by atoms with Crippen molar-refractivity contribution in [3.8, 4) is 0 Å². The van der Waals surface area contributed by atoms with Crippen molar-refractivity contribution in [3.05, 3.63) is 11.8 Å². The number of rotatable bonds is 6. The van der Waals surface area contributed by atoms with Crippen molar-refractivity contribution >= 4 is 12.2 Å². The van der Waals surface area contributed by atoms with Crippen molar-refractivity contribution in [1.29, 1.82) is 0 Å². The predicted octanol–water partition coefficient (Wildman–Crippen LogP) is 3.81.